The molecule has 4 rings (SSSR count). The first-order valence-corrected chi connectivity index (χ1v) is 10.8. The van der Waals surface area contributed by atoms with Crippen LogP contribution >= 0.6 is 11.3 Å². The molecule has 4 atom stereocenters. The second-order valence-electron chi connectivity index (χ2n) is 8.28. The Morgan fingerprint density at radius 3 is 2.96 bits per heavy atom. The maximum absolute atomic E-state index is 13.2. The lowest BCUT2D eigenvalue weighted by Crippen LogP contribution is -2.49. The minimum Gasteiger partial charge on any atom is -0.352 e. The summed E-state index contributed by atoms with van der Waals surface area (Å²) in [7, 11) is 0. The summed E-state index contributed by atoms with van der Waals surface area (Å²) in [4.78, 5) is 40.6. The van der Waals surface area contributed by atoms with Gasteiger partial charge in [0.05, 0.1) is 0 Å². The fraction of sp³-hybridized carbons (Fsp3) is 0.650. The summed E-state index contributed by atoms with van der Waals surface area (Å²) < 4.78 is 0. The third kappa shape index (κ3) is 3.06. The summed E-state index contributed by atoms with van der Waals surface area (Å²) >= 11 is 1.63. The Kier molecular flexibility index (Phi) is 4.74. The predicted octanol–water partition coefficient (Wildman–Crippen LogP) is 2.77. The molecule has 1 saturated carbocycles. The molecule has 1 aliphatic heterocycles. The molecule has 0 radical (unpaired) electrons. The Morgan fingerprint density at radius 1 is 1.33 bits per heavy atom. The summed E-state index contributed by atoms with van der Waals surface area (Å²) in [6.45, 7) is 4.17. The van der Waals surface area contributed by atoms with Crippen molar-refractivity contribution >= 4 is 29.2 Å². The standard InChI is InChI=1S/C20H27N3O3S/c1-12-5-3-6-15(13(12)2)21-17(24)11-23-18(25)20(22-19(23)26)9-4-7-16-14(20)8-10-27-16/h8,10,12-13,15H,3-7,9,11H2,1-2H3,(H,21,24)(H,22,26)/t12-,13-,15+,20+/m1/s1. The van der Waals surface area contributed by atoms with Gasteiger partial charge in [-0.25, -0.2) is 4.79 Å². The SMILES string of the molecule is C[C@@H]1[C@H](C)CCC[C@@H]1NC(=O)CN1C(=O)N[C@]2(CCCc3sccc32)C1=O. The van der Waals surface area contributed by atoms with E-state index in [9.17, 15) is 14.4 Å². The zero-order chi connectivity index (χ0) is 19.2. The normalized spacial score (nSPS) is 33.1. The average molecular weight is 390 g/mol. The number of imide groups is 1. The molecule has 0 aromatic carbocycles. The van der Waals surface area contributed by atoms with Crippen LogP contribution in [0.4, 0.5) is 4.79 Å². The van der Waals surface area contributed by atoms with E-state index in [0.717, 1.165) is 41.0 Å². The number of nitrogens with one attached hydrogen (secondary N) is 2. The van der Waals surface area contributed by atoms with E-state index in [1.165, 1.54) is 6.42 Å². The van der Waals surface area contributed by atoms with Crippen molar-refractivity contribution in [2.45, 2.75) is 64.0 Å². The number of hydrogen-bond donors (Lipinski definition) is 2. The molecule has 3 aliphatic rings. The van der Waals surface area contributed by atoms with Gasteiger partial charge in [0.25, 0.3) is 5.91 Å². The molecule has 4 amide bonds. The molecule has 2 fully saturated rings. The Hall–Kier alpha value is -1.89. The van der Waals surface area contributed by atoms with Crippen LogP contribution in [-0.4, -0.2) is 35.3 Å². The van der Waals surface area contributed by atoms with Crippen LogP contribution in [0.2, 0.25) is 0 Å². The molecule has 0 bridgehead atoms. The lowest BCUT2D eigenvalue weighted by atomic mass is 9.78. The maximum Gasteiger partial charge on any atom is 0.325 e. The highest BCUT2D eigenvalue weighted by Gasteiger charge is 2.54. The second kappa shape index (κ2) is 6.93. The van der Waals surface area contributed by atoms with Gasteiger partial charge in [0.1, 0.15) is 12.1 Å². The number of carbonyl (C=O) groups excluding carboxylic acids is 3. The minimum atomic E-state index is -0.975. The monoisotopic (exact) mass is 389 g/mol. The minimum absolute atomic E-state index is 0.120. The first-order valence-electron chi connectivity index (χ1n) is 9.92. The van der Waals surface area contributed by atoms with Gasteiger partial charge in [-0.05, 0) is 49.0 Å². The fourth-order valence-electron chi connectivity index (χ4n) is 4.87. The molecule has 1 aromatic heterocycles. The summed E-state index contributed by atoms with van der Waals surface area (Å²) in [5.74, 6) is 0.446. The van der Waals surface area contributed by atoms with Crippen molar-refractivity contribution in [2.24, 2.45) is 11.8 Å². The molecule has 2 aliphatic carbocycles. The van der Waals surface area contributed by atoms with Crippen LogP contribution < -0.4 is 10.6 Å². The third-order valence-corrected chi connectivity index (χ3v) is 7.67. The van der Waals surface area contributed by atoms with Gasteiger partial charge in [-0.2, -0.15) is 0 Å². The van der Waals surface area contributed by atoms with Crippen molar-refractivity contribution in [2.75, 3.05) is 6.54 Å². The third-order valence-electron chi connectivity index (χ3n) is 6.69. The van der Waals surface area contributed by atoms with Crippen LogP contribution in [-0.2, 0) is 21.5 Å². The predicted molar refractivity (Wildman–Crippen MR) is 103 cm³/mol. The van der Waals surface area contributed by atoms with Crippen molar-refractivity contribution in [1.29, 1.82) is 0 Å². The molecule has 2 heterocycles. The Labute approximate surface area is 163 Å². The van der Waals surface area contributed by atoms with Crippen LogP contribution in [0, 0.1) is 11.8 Å². The fourth-order valence-corrected chi connectivity index (χ4v) is 5.87. The van der Waals surface area contributed by atoms with Crippen molar-refractivity contribution in [3.63, 3.8) is 0 Å². The number of rotatable bonds is 3. The second-order valence-corrected chi connectivity index (χ2v) is 9.28. The molecule has 6 nitrogen and oxygen atoms in total. The Bertz CT molecular complexity index is 776. The average Bonchev–Trinajstić information content (AvgIpc) is 3.20. The molecule has 1 aromatic rings. The number of urea groups is 1. The molecule has 1 saturated heterocycles. The van der Waals surface area contributed by atoms with Gasteiger partial charge in [0, 0.05) is 16.5 Å². The van der Waals surface area contributed by atoms with Gasteiger partial charge < -0.3 is 10.6 Å². The van der Waals surface area contributed by atoms with Crippen molar-refractivity contribution in [3.8, 4) is 0 Å². The lowest BCUT2D eigenvalue weighted by Gasteiger charge is -2.35. The largest absolute Gasteiger partial charge is 0.352 e. The van der Waals surface area contributed by atoms with Crippen molar-refractivity contribution < 1.29 is 14.4 Å². The van der Waals surface area contributed by atoms with Gasteiger partial charge >= 0.3 is 6.03 Å². The van der Waals surface area contributed by atoms with Crippen LogP contribution in [0.1, 0.15) is 56.4 Å². The summed E-state index contributed by atoms with van der Waals surface area (Å²) in [6, 6.07) is 1.60. The number of amides is 4. The summed E-state index contributed by atoms with van der Waals surface area (Å²) in [5, 5.41) is 7.93. The first-order chi connectivity index (χ1) is 12.9. The van der Waals surface area contributed by atoms with Gasteiger partial charge in [0.15, 0.2) is 0 Å². The molecule has 146 valence electrons. The molecule has 1 spiro atoms. The van der Waals surface area contributed by atoms with Crippen LogP contribution in [0.3, 0.4) is 0 Å². The zero-order valence-corrected chi connectivity index (χ0v) is 16.7. The lowest BCUT2D eigenvalue weighted by molar-refractivity contribution is -0.136. The topological polar surface area (TPSA) is 78.5 Å². The van der Waals surface area contributed by atoms with E-state index in [2.05, 4.69) is 24.5 Å². The van der Waals surface area contributed by atoms with E-state index >= 15 is 0 Å². The Morgan fingerprint density at radius 2 is 2.15 bits per heavy atom. The maximum atomic E-state index is 13.2. The van der Waals surface area contributed by atoms with E-state index in [1.807, 2.05) is 11.4 Å². The van der Waals surface area contributed by atoms with Gasteiger partial charge in [-0.3, -0.25) is 14.5 Å². The zero-order valence-electron chi connectivity index (χ0n) is 15.9. The number of thiophene rings is 1. The van der Waals surface area contributed by atoms with E-state index in [0.29, 0.717) is 18.3 Å². The van der Waals surface area contributed by atoms with Gasteiger partial charge in [0.2, 0.25) is 5.91 Å². The number of fused-ring (bicyclic) bond motifs is 2. The van der Waals surface area contributed by atoms with Crippen LogP contribution in [0.5, 0.6) is 0 Å². The smallest absolute Gasteiger partial charge is 0.325 e. The molecular formula is C20H27N3O3S. The quantitative estimate of drug-likeness (QED) is 0.781. The van der Waals surface area contributed by atoms with E-state index in [-0.39, 0.29) is 24.4 Å². The molecular weight excluding hydrogens is 362 g/mol. The van der Waals surface area contributed by atoms with Crippen LogP contribution in [0.15, 0.2) is 11.4 Å². The molecule has 2 N–H and O–H groups in total. The Balaban J connectivity index is 1.47. The van der Waals surface area contributed by atoms with E-state index in [1.54, 1.807) is 11.3 Å². The van der Waals surface area contributed by atoms with Gasteiger partial charge in [-0.15, -0.1) is 11.3 Å². The number of nitrogens with zero attached hydrogens (tertiary/aromatic N) is 1. The highest BCUT2D eigenvalue weighted by molar-refractivity contribution is 7.10. The number of aryl methyl sites for hydroxylation is 1. The molecule has 7 heteroatoms. The van der Waals surface area contributed by atoms with Crippen LogP contribution in [0.25, 0.3) is 0 Å². The number of hydrogen-bond acceptors (Lipinski definition) is 4. The summed E-state index contributed by atoms with van der Waals surface area (Å²) in [5.41, 5.74) is -0.0628. The molecule has 0 unspecified atom stereocenters. The first kappa shape index (κ1) is 18.5. The van der Waals surface area contributed by atoms with Crippen molar-refractivity contribution in [3.05, 3.63) is 21.9 Å². The molecule has 27 heavy (non-hydrogen) atoms. The number of carbonyl (C=O) groups is 3. The highest BCUT2D eigenvalue weighted by atomic mass is 32.1. The highest BCUT2D eigenvalue weighted by Crippen LogP contribution is 2.42. The van der Waals surface area contributed by atoms with Gasteiger partial charge in [-0.1, -0.05) is 26.7 Å². The summed E-state index contributed by atoms with van der Waals surface area (Å²) in [6.07, 6.45) is 5.64. The van der Waals surface area contributed by atoms with E-state index in [4.69, 9.17) is 0 Å². The van der Waals surface area contributed by atoms with Crippen molar-refractivity contribution in [1.82, 2.24) is 15.5 Å². The van der Waals surface area contributed by atoms with E-state index < -0.39 is 11.6 Å².